The lowest BCUT2D eigenvalue weighted by Gasteiger charge is -2.27. The minimum Gasteiger partial charge on any atom is -0.460 e. The number of hydrogen-bond donors (Lipinski definition) is 0. The van der Waals surface area contributed by atoms with Gasteiger partial charge in [0.25, 0.3) is 0 Å². The quantitative estimate of drug-likeness (QED) is 0.244. The second-order valence-corrected chi connectivity index (χ2v) is 6.15. The van der Waals surface area contributed by atoms with Gasteiger partial charge in [-0.3, -0.25) is 9.59 Å². The topological polar surface area (TPSA) is 60.4 Å². The first-order valence-corrected chi connectivity index (χ1v) is 7.46. The Labute approximate surface area is 142 Å². The lowest BCUT2D eigenvalue weighted by molar-refractivity contribution is -0.211. The molecule has 0 N–H and O–H groups in total. The Bertz CT molecular complexity index is 678. The number of benzene rings is 1. The number of alkyl halides is 3. The van der Waals surface area contributed by atoms with E-state index in [1.165, 1.54) is 6.92 Å². The molecule has 0 amide bonds. The number of hydrogen-bond acceptors (Lipinski definition) is 4. The van der Waals surface area contributed by atoms with Gasteiger partial charge in [0.05, 0.1) is 18.4 Å². The molecule has 0 spiro atoms. The molecule has 0 atom stereocenters. The van der Waals surface area contributed by atoms with Gasteiger partial charge in [-0.05, 0) is 37.1 Å². The Kier molecular flexibility index (Phi) is 6.45. The SMILES string of the molecule is CCOC(=O)C(=O)CC(=O)c1cc(F)cc(CC(C)(C)C(F)(F)F)c1. The van der Waals surface area contributed by atoms with E-state index in [-0.39, 0.29) is 17.7 Å². The van der Waals surface area contributed by atoms with E-state index in [1.54, 1.807) is 0 Å². The monoisotopic (exact) mass is 362 g/mol. The van der Waals surface area contributed by atoms with Crippen LogP contribution in [0.25, 0.3) is 0 Å². The molecule has 0 aliphatic rings. The molecule has 0 bridgehead atoms. The molecule has 0 aromatic heterocycles. The normalized spacial score (nSPS) is 12.0. The van der Waals surface area contributed by atoms with Crippen LogP contribution in [0.3, 0.4) is 0 Å². The summed E-state index contributed by atoms with van der Waals surface area (Å²) in [6, 6.07) is 2.81. The van der Waals surface area contributed by atoms with E-state index in [4.69, 9.17) is 0 Å². The lowest BCUT2D eigenvalue weighted by Crippen LogP contribution is -2.34. The third-order valence-electron chi connectivity index (χ3n) is 3.52. The van der Waals surface area contributed by atoms with Crippen LogP contribution in [-0.2, 0) is 20.7 Å². The van der Waals surface area contributed by atoms with E-state index in [2.05, 4.69) is 4.74 Å². The fourth-order valence-corrected chi connectivity index (χ4v) is 2.06. The van der Waals surface area contributed by atoms with Gasteiger partial charge in [-0.15, -0.1) is 0 Å². The van der Waals surface area contributed by atoms with Crippen LogP contribution in [-0.4, -0.2) is 30.3 Å². The van der Waals surface area contributed by atoms with Gasteiger partial charge in [-0.2, -0.15) is 13.2 Å². The predicted molar refractivity (Wildman–Crippen MR) is 80.5 cm³/mol. The molecule has 0 radical (unpaired) electrons. The molecule has 0 saturated carbocycles. The van der Waals surface area contributed by atoms with Crippen LogP contribution >= 0.6 is 0 Å². The molecule has 1 aromatic rings. The van der Waals surface area contributed by atoms with E-state index >= 15 is 0 Å². The van der Waals surface area contributed by atoms with E-state index in [1.807, 2.05) is 0 Å². The summed E-state index contributed by atoms with van der Waals surface area (Å²) in [6.07, 6.45) is -5.89. The maximum absolute atomic E-state index is 13.7. The van der Waals surface area contributed by atoms with Gasteiger partial charge in [0.2, 0.25) is 5.78 Å². The smallest absolute Gasteiger partial charge is 0.394 e. The molecule has 1 aromatic carbocycles. The molecule has 0 heterocycles. The van der Waals surface area contributed by atoms with Crippen LogP contribution < -0.4 is 0 Å². The third-order valence-corrected chi connectivity index (χ3v) is 3.52. The van der Waals surface area contributed by atoms with Gasteiger partial charge in [-0.1, -0.05) is 13.8 Å². The first-order chi connectivity index (χ1) is 11.4. The molecule has 1 rings (SSSR count). The van der Waals surface area contributed by atoms with Crippen molar-refractivity contribution >= 4 is 17.5 Å². The first kappa shape index (κ1) is 20.8. The second kappa shape index (κ2) is 7.76. The number of carbonyl (C=O) groups excluding carboxylic acids is 3. The van der Waals surface area contributed by atoms with Crippen molar-refractivity contribution in [1.29, 1.82) is 0 Å². The highest BCUT2D eigenvalue weighted by Gasteiger charge is 2.47. The van der Waals surface area contributed by atoms with Crippen LogP contribution in [0, 0.1) is 11.2 Å². The fraction of sp³-hybridized carbons (Fsp3) is 0.471. The third kappa shape index (κ3) is 5.65. The van der Waals surface area contributed by atoms with Crippen LogP contribution in [0.5, 0.6) is 0 Å². The summed E-state index contributed by atoms with van der Waals surface area (Å²) in [6.45, 7) is 3.36. The summed E-state index contributed by atoms with van der Waals surface area (Å²) in [5.41, 5.74) is -2.43. The highest BCUT2D eigenvalue weighted by atomic mass is 19.4. The molecule has 8 heteroatoms. The average Bonchev–Trinajstić information content (AvgIpc) is 2.44. The molecular weight excluding hydrogens is 344 g/mol. The summed E-state index contributed by atoms with van der Waals surface area (Å²) in [5.74, 6) is -4.06. The number of rotatable bonds is 7. The van der Waals surface area contributed by atoms with Gasteiger partial charge in [-0.25, -0.2) is 9.18 Å². The summed E-state index contributed by atoms with van der Waals surface area (Å²) in [4.78, 5) is 34.7. The van der Waals surface area contributed by atoms with Crippen molar-refractivity contribution in [3.63, 3.8) is 0 Å². The summed E-state index contributed by atoms with van der Waals surface area (Å²) < 4.78 is 57.0. The summed E-state index contributed by atoms with van der Waals surface area (Å²) in [5, 5.41) is 0. The zero-order valence-electron chi connectivity index (χ0n) is 14.0. The maximum atomic E-state index is 13.7. The number of esters is 1. The number of carbonyl (C=O) groups is 3. The molecule has 0 aliphatic carbocycles. The molecule has 25 heavy (non-hydrogen) atoms. The fourth-order valence-electron chi connectivity index (χ4n) is 2.06. The Morgan fingerprint density at radius 1 is 1.08 bits per heavy atom. The molecule has 0 fully saturated rings. The minimum absolute atomic E-state index is 0.0331. The van der Waals surface area contributed by atoms with Crippen LogP contribution in [0.2, 0.25) is 0 Å². The largest absolute Gasteiger partial charge is 0.460 e. The van der Waals surface area contributed by atoms with Crippen molar-refractivity contribution < 1.29 is 36.7 Å². The van der Waals surface area contributed by atoms with Crippen molar-refractivity contribution in [2.75, 3.05) is 6.61 Å². The molecule has 138 valence electrons. The number of ketones is 2. The van der Waals surface area contributed by atoms with E-state index in [0.717, 1.165) is 32.0 Å². The first-order valence-electron chi connectivity index (χ1n) is 7.46. The molecular formula is C17H18F4O4. The maximum Gasteiger partial charge on any atom is 0.394 e. The van der Waals surface area contributed by atoms with Gasteiger partial charge in [0.15, 0.2) is 5.78 Å². The predicted octanol–water partition coefficient (Wildman–Crippen LogP) is 3.66. The Morgan fingerprint density at radius 2 is 1.68 bits per heavy atom. The van der Waals surface area contributed by atoms with Crippen molar-refractivity contribution in [1.82, 2.24) is 0 Å². The number of halogens is 4. The van der Waals surface area contributed by atoms with E-state index in [0.29, 0.717) is 0 Å². The van der Waals surface area contributed by atoms with Gasteiger partial charge < -0.3 is 4.74 Å². The van der Waals surface area contributed by atoms with Gasteiger partial charge in [0.1, 0.15) is 5.82 Å². The lowest BCUT2D eigenvalue weighted by atomic mass is 9.84. The zero-order chi connectivity index (χ0) is 19.4. The van der Waals surface area contributed by atoms with Gasteiger partial charge >= 0.3 is 12.1 Å². The minimum atomic E-state index is -4.51. The standard InChI is InChI=1S/C17H18F4O4/c1-4-25-15(24)14(23)8-13(22)11-5-10(6-12(18)7-11)9-16(2,3)17(19,20)21/h5-7H,4,8-9H2,1-3H3. The Hall–Kier alpha value is -2.25. The van der Waals surface area contributed by atoms with Crippen molar-refractivity contribution in [3.05, 3.63) is 35.1 Å². The Balaban J connectivity index is 3.00. The molecule has 0 unspecified atom stereocenters. The van der Waals surface area contributed by atoms with Crippen molar-refractivity contribution in [2.24, 2.45) is 5.41 Å². The van der Waals surface area contributed by atoms with Crippen LogP contribution in [0.15, 0.2) is 18.2 Å². The van der Waals surface area contributed by atoms with Crippen LogP contribution in [0.1, 0.15) is 43.1 Å². The molecule has 4 nitrogen and oxygen atoms in total. The molecule has 0 saturated heterocycles. The number of ether oxygens (including phenoxy) is 1. The Morgan fingerprint density at radius 3 is 2.20 bits per heavy atom. The molecule has 0 aliphatic heterocycles. The van der Waals surface area contributed by atoms with Gasteiger partial charge in [0, 0.05) is 5.56 Å². The highest BCUT2D eigenvalue weighted by molar-refractivity contribution is 6.38. The summed E-state index contributed by atoms with van der Waals surface area (Å²) >= 11 is 0. The zero-order valence-corrected chi connectivity index (χ0v) is 14.0. The summed E-state index contributed by atoms with van der Waals surface area (Å²) in [7, 11) is 0. The van der Waals surface area contributed by atoms with E-state index in [9.17, 15) is 31.9 Å². The van der Waals surface area contributed by atoms with Crippen molar-refractivity contribution in [2.45, 2.75) is 39.8 Å². The number of Topliss-reactive ketones (excluding diaryl/α,β-unsaturated/α-hetero) is 2. The van der Waals surface area contributed by atoms with E-state index < -0.39 is 47.8 Å². The average molecular weight is 362 g/mol. The van der Waals surface area contributed by atoms with Crippen LogP contribution in [0.4, 0.5) is 17.6 Å². The highest BCUT2D eigenvalue weighted by Crippen LogP contribution is 2.40. The van der Waals surface area contributed by atoms with Crippen molar-refractivity contribution in [3.8, 4) is 0 Å². The second-order valence-electron chi connectivity index (χ2n) is 6.15.